The quantitative estimate of drug-likeness (QED) is 0.870. The summed E-state index contributed by atoms with van der Waals surface area (Å²) >= 11 is 0. The minimum atomic E-state index is -1.14. The maximum atomic E-state index is 13.6. The van der Waals surface area contributed by atoms with Crippen LogP contribution in [0.2, 0.25) is 0 Å². The Morgan fingerprint density at radius 1 is 1.28 bits per heavy atom. The van der Waals surface area contributed by atoms with Crippen molar-refractivity contribution in [1.82, 2.24) is 4.98 Å². The van der Waals surface area contributed by atoms with Crippen molar-refractivity contribution in [3.8, 4) is 0 Å². The van der Waals surface area contributed by atoms with Gasteiger partial charge in [0.2, 0.25) is 0 Å². The van der Waals surface area contributed by atoms with Gasteiger partial charge in [-0.2, -0.15) is 0 Å². The van der Waals surface area contributed by atoms with E-state index in [9.17, 15) is 9.18 Å². The summed E-state index contributed by atoms with van der Waals surface area (Å²) in [4.78, 5) is 14.5. The van der Waals surface area contributed by atoms with Crippen LogP contribution in [0.3, 0.4) is 0 Å². The fourth-order valence-corrected chi connectivity index (χ4v) is 1.49. The lowest BCUT2D eigenvalue weighted by atomic mass is 10.2. The number of carbonyl (C=O) groups is 1. The van der Waals surface area contributed by atoms with Crippen molar-refractivity contribution >= 4 is 11.7 Å². The molecule has 18 heavy (non-hydrogen) atoms. The van der Waals surface area contributed by atoms with E-state index in [1.54, 1.807) is 12.4 Å². The van der Waals surface area contributed by atoms with Gasteiger partial charge in [0.1, 0.15) is 5.82 Å². The van der Waals surface area contributed by atoms with E-state index in [2.05, 4.69) is 10.3 Å². The fourth-order valence-electron chi connectivity index (χ4n) is 1.49. The Balaban J connectivity index is 2.08. The Morgan fingerprint density at radius 2 is 2.00 bits per heavy atom. The molecule has 2 aromatic rings. The van der Waals surface area contributed by atoms with Crippen LogP contribution in [0, 0.1) is 5.82 Å². The monoisotopic (exact) mass is 246 g/mol. The maximum absolute atomic E-state index is 13.6. The molecule has 0 saturated heterocycles. The molecule has 0 bridgehead atoms. The number of hydrogen-bond donors (Lipinski definition) is 2. The van der Waals surface area contributed by atoms with Crippen LogP contribution in [-0.2, 0) is 6.54 Å². The molecular weight excluding hydrogens is 235 g/mol. The average Bonchev–Trinajstić information content (AvgIpc) is 2.38. The molecule has 0 fully saturated rings. The predicted molar refractivity (Wildman–Crippen MR) is 64.9 cm³/mol. The minimum Gasteiger partial charge on any atom is -0.478 e. The largest absolute Gasteiger partial charge is 0.478 e. The van der Waals surface area contributed by atoms with E-state index in [1.165, 1.54) is 12.1 Å². The number of aromatic nitrogens is 1. The summed E-state index contributed by atoms with van der Waals surface area (Å²) in [6.07, 6.45) is 3.31. The molecule has 1 aromatic heterocycles. The average molecular weight is 246 g/mol. The van der Waals surface area contributed by atoms with Crippen LogP contribution in [0.15, 0.2) is 42.7 Å². The standard InChI is InChI=1S/C13H11FN2O2/c14-11-7-10(13(17)18)1-2-12(11)16-8-9-3-5-15-6-4-9/h1-7,16H,8H2,(H,17,18). The maximum Gasteiger partial charge on any atom is 0.335 e. The van der Waals surface area contributed by atoms with E-state index in [-0.39, 0.29) is 11.3 Å². The number of halogens is 1. The van der Waals surface area contributed by atoms with Gasteiger partial charge < -0.3 is 10.4 Å². The van der Waals surface area contributed by atoms with Gasteiger partial charge >= 0.3 is 5.97 Å². The zero-order valence-corrected chi connectivity index (χ0v) is 9.43. The first kappa shape index (κ1) is 12.0. The van der Waals surface area contributed by atoms with Gasteiger partial charge in [-0.1, -0.05) is 0 Å². The topological polar surface area (TPSA) is 62.2 Å². The first-order valence-electron chi connectivity index (χ1n) is 5.32. The second-order valence-electron chi connectivity index (χ2n) is 3.71. The molecule has 2 N–H and O–H groups in total. The van der Waals surface area contributed by atoms with Crippen LogP contribution >= 0.6 is 0 Å². The summed E-state index contributed by atoms with van der Waals surface area (Å²) in [6.45, 7) is 0.450. The van der Waals surface area contributed by atoms with Crippen molar-refractivity contribution in [3.05, 3.63) is 59.7 Å². The Hall–Kier alpha value is -2.43. The van der Waals surface area contributed by atoms with Crippen molar-refractivity contribution < 1.29 is 14.3 Å². The van der Waals surface area contributed by atoms with Gasteiger partial charge in [0.25, 0.3) is 0 Å². The summed E-state index contributed by atoms with van der Waals surface area (Å²) in [5.74, 6) is -1.72. The van der Waals surface area contributed by atoms with Crippen molar-refractivity contribution in [3.63, 3.8) is 0 Å². The van der Waals surface area contributed by atoms with Crippen LogP contribution in [0.5, 0.6) is 0 Å². The smallest absolute Gasteiger partial charge is 0.335 e. The van der Waals surface area contributed by atoms with Gasteiger partial charge in [-0.25, -0.2) is 9.18 Å². The minimum absolute atomic E-state index is 0.0676. The zero-order chi connectivity index (χ0) is 13.0. The van der Waals surface area contributed by atoms with Gasteiger partial charge in [-0.05, 0) is 35.9 Å². The molecule has 0 aliphatic carbocycles. The number of carboxylic acid groups (broad SMARTS) is 1. The van der Waals surface area contributed by atoms with Crippen molar-refractivity contribution in [1.29, 1.82) is 0 Å². The highest BCUT2D eigenvalue weighted by Gasteiger charge is 2.07. The Kier molecular flexibility index (Phi) is 3.52. The van der Waals surface area contributed by atoms with Crippen LogP contribution in [0.4, 0.5) is 10.1 Å². The third-order valence-electron chi connectivity index (χ3n) is 2.45. The first-order chi connectivity index (χ1) is 8.66. The van der Waals surface area contributed by atoms with Gasteiger partial charge in [0.15, 0.2) is 0 Å². The lowest BCUT2D eigenvalue weighted by Crippen LogP contribution is -2.03. The highest BCUT2D eigenvalue weighted by Crippen LogP contribution is 2.16. The molecule has 5 heteroatoms. The molecule has 0 spiro atoms. The lowest BCUT2D eigenvalue weighted by molar-refractivity contribution is 0.0696. The fraction of sp³-hybridized carbons (Fsp3) is 0.0769. The molecule has 2 rings (SSSR count). The van der Waals surface area contributed by atoms with E-state index in [0.717, 1.165) is 11.6 Å². The summed E-state index contributed by atoms with van der Waals surface area (Å²) in [6, 6.07) is 7.41. The number of carboxylic acids is 1. The summed E-state index contributed by atoms with van der Waals surface area (Å²) in [7, 11) is 0. The Labute approximate surface area is 103 Å². The second-order valence-corrected chi connectivity index (χ2v) is 3.71. The normalized spacial score (nSPS) is 10.1. The molecule has 0 unspecified atom stereocenters. The second kappa shape index (κ2) is 5.27. The van der Waals surface area contributed by atoms with Crippen molar-refractivity contribution in [2.75, 3.05) is 5.32 Å². The number of anilines is 1. The highest BCUT2D eigenvalue weighted by molar-refractivity contribution is 5.88. The zero-order valence-electron chi connectivity index (χ0n) is 9.43. The van der Waals surface area contributed by atoms with Crippen LogP contribution in [0.25, 0.3) is 0 Å². The number of aromatic carboxylic acids is 1. The SMILES string of the molecule is O=C(O)c1ccc(NCc2ccncc2)c(F)c1. The molecule has 0 amide bonds. The molecule has 0 aliphatic rings. The molecule has 1 aromatic carbocycles. The van der Waals surface area contributed by atoms with E-state index in [4.69, 9.17) is 5.11 Å². The molecule has 92 valence electrons. The van der Waals surface area contributed by atoms with E-state index in [0.29, 0.717) is 6.54 Å². The van der Waals surface area contributed by atoms with Crippen LogP contribution in [0.1, 0.15) is 15.9 Å². The number of rotatable bonds is 4. The number of pyridine rings is 1. The van der Waals surface area contributed by atoms with Gasteiger partial charge in [0, 0.05) is 18.9 Å². The van der Waals surface area contributed by atoms with Crippen molar-refractivity contribution in [2.24, 2.45) is 0 Å². The van der Waals surface area contributed by atoms with Crippen LogP contribution in [-0.4, -0.2) is 16.1 Å². The molecule has 0 saturated carbocycles. The van der Waals surface area contributed by atoms with Gasteiger partial charge in [-0.3, -0.25) is 4.98 Å². The Morgan fingerprint density at radius 3 is 2.61 bits per heavy atom. The van der Waals surface area contributed by atoms with E-state index in [1.807, 2.05) is 12.1 Å². The van der Waals surface area contributed by atoms with E-state index >= 15 is 0 Å². The number of nitrogens with zero attached hydrogens (tertiary/aromatic N) is 1. The number of nitrogens with one attached hydrogen (secondary N) is 1. The Bertz CT molecular complexity index is 558. The molecule has 4 nitrogen and oxygen atoms in total. The van der Waals surface area contributed by atoms with E-state index < -0.39 is 11.8 Å². The molecular formula is C13H11FN2O2. The molecule has 0 radical (unpaired) electrons. The van der Waals surface area contributed by atoms with Crippen molar-refractivity contribution in [2.45, 2.75) is 6.54 Å². The van der Waals surface area contributed by atoms with Gasteiger partial charge in [0.05, 0.1) is 11.3 Å². The summed E-state index contributed by atoms with van der Waals surface area (Å²) in [5, 5.41) is 11.6. The molecule has 1 heterocycles. The summed E-state index contributed by atoms with van der Waals surface area (Å²) in [5.41, 5.74) is 1.17. The highest BCUT2D eigenvalue weighted by atomic mass is 19.1. The van der Waals surface area contributed by atoms with Gasteiger partial charge in [-0.15, -0.1) is 0 Å². The molecule has 0 atom stereocenters. The predicted octanol–water partition coefficient (Wildman–Crippen LogP) is 2.53. The first-order valence-corrected chi connectivity index (χ1v) is 5.32. The lowest BCUT2D eigenvalue weighted by Gasteiger charge is -2.08. The number of benzene rings is 1. The third-order valence-corrected chi connectivity index (χ3v) is 2.45. The summed E-state index contributed by atoms with van der Waals surface area (Å²) < 4.78 is 13.6. The third kappa shape index (κ3) is 2.82. The van der Waals surface area contributed by atoms with Crippen LogP contribution < -0.4 is 5.32 Å². The molecule has 0 aliphatic heterocycles. The number of hydrogen-bond acceptors (Lipinski definition) is 3.